The lowest BCUT2D eigenvalue weighted by Gasteiger charge is -2.21. The fraction of sp³-hybridized carbons (Fsp3) is 0.0377. The number of rotatable bonds is 8. The van der Waals surface area contributed by atoms with Gasteiger partial charge in [0.05, 0.1) is 17.6 Å². The lowest BCUT2D eigenvalue weighted by molar-refractivity contribution is 0.358. The van der Waals surface area contributed by atoms with Gasteiger partial charge < -0.3 is 14.4 Å². The molecule has 0 fully saturated rings. The minimum atomic E-state index is 0.515. The fourth-order valence-corrected chi connectivity index (χ4v) is 9.18. The molecule has 11 rings (SSSR count). The summed E-state index contributed by atoms with van der Waals surface area (Å²) in [5.74, 6) is 2.29. The van der Waals surface area contributed by atoms with Crippen molar-refractivity contribution in [3.05, 3.63) is 181 Å². The quantitative estimate of drug-likeness (QED) is 0.123. The molecule has 2 aromatic heterocycles. The highest BCUT2D eigenvalue weighted by Gasteiger charge is 2.26. The van der Waals surface area contributed by atoms with Crippen LogP contribution in [0.4, 0.5) is 0 Å². The Balaban J connectivity index is 1.15. The van der Waals surface area contributed by atoms with Gasteiger partial charge in [0.15, 0.2) is 5.75 Å². The molecule has 286 valence electrons. The summed E-state index contributed by atoms with van der Waals surface area (Å²) in [7, 11) is 0. The molecule has 0 radical (unpaired) electrons. The molecule has 0 spiro atoms. The van der Waals surface area contributed by atoms with E-state index in [4.69, 9.17) is 36.3 Å². The summed E-state index contributed by atoms with van der Waals surface area (Å²) in [6.45, 7) is 0.599. The van der Waals surface area contributed by atoms with Gasteiger partial charge in [-0.25, -0.2) is 4.98 Å². The summed E-state index contributed by atoms with van der Waals surface area (Å²) in [5.41, 5.74) is 13.2. The number of aromatic nitrogens is 3. The number of ether oxygens (including phenoxy) is 1. The number of halogens is 1. The number of benzene rings is 8. The van der Waals surface area contributed by atoms with Crippen molar-refractivity contribution in [3.63, 3.8) is 0 Å². The van der Waals surface area contributed by atoms with E-state index in [-0.39, 0.29) is 0 Å². The number of para-hydroxylation sites is 3. The molecular weight excluding hydrogens is 760 g/mol. The first-order chi connectivity index (χ1) is 29.7. The second kappa shape index (κ2) is 14.7. The zero-order valence-corrected chi connectivity index (χ0v) is 33.0. The molecular formula is C53H35ClN4O2. The van der Waals surface area contributed by atoms with Crippen LogP contribution in [-0.4, -0.2) is 27.4 Å². The van der Waals surface area contributed by atoms with Gasteiger partial charge in [-0.2, -0.15) is 0 Å². The molecule has 1 aliphatic heterocycles. The number of hydrogen-bond acceptors (Lipinski definition) is 5. The van der Waals surface area contributed by atoms with Gasteiger partial charge in [0.25, 0.3) is 0 Å². The molecule has 8 aromatic carbocycles. The van der Waals surface area contributed by atoms with Crippen LogP contribution in [0.15, 0.2) is 170 Å². The van der Waals surface area contributed by atoms with Crippen molar-refractivity contribution < 1.29 is 9.03 Å². The number of allylic oxidation sites excluding steroid dienone is 1. The van der Waals surface area contributed by atoms with Crippen molar-refractivity contribution in [3.8, 4) is 62.0 Å². The minimum Gasteiger partial charge on any atom is -0.492 e. The second-order valence-corrected chi connectivity index (χ2v) is 15.1. The molecule has 0 unspecified atom stereocenters. The van der Waals surface area contributed by atoms with Crippen LogP contribution < -0.4 is 9.03 Å². The van der Waals surface area contributed by atoms with E-state index < -0.39 is 0 Å². The normalized spacial score (nSPS) is 12.4. The van der Waals surface area contributed by atoms with Crippen molar-refractivity contribution in [2.45, 2.75) is 6.42 Å². The molecule has 6 nitrogen and oxygen atoms in total. The van der Waals surface area contributed by atoms with E-state index in [1.807, 2.05) is 30.3 Å². The van der Waals surface area contributed by atoms with Gasteiger partial charge in [0.1, 0.15) is 29.0 Å². The Morgan fingerprint density at radius 2 is 1.38 bits per heavy atom. The molecule has 10 aromatic rings. The summed E-state index contributed by atoms with van der Waals surface area (Å²) in [6.07, 6.45) is 7.62. The van der Waals surface area contributed by atoms with Crippen LogP contribution in [0.5, 0.6) is 11.5 Å². The van der Waals surface area contributed by atoms with Crippen LogP contribution in [-0.2, 0) is 6.42 Å². The standard InChI is InChI=1S/C53H35ClN4O2/c54-60-52-44(27-23-35-11-9-30-56-50(35)52)48-40-14-4-5-15-41(40)49(43-26-22-34(10-8-29-55)39-28-31-59-51(39)43)45-32-37(24-25-42(45)48)33-18-20-36(21-19-33)53-57-46-16-6-7-17-47(46)58(53)38-12-2-1-3-13-38/h1-27,29-30,32,55H,28,31H2/b10-8-,55-29?. The maximum atomic E-state index is 7.62. The molecule has 1 aliphatic rings. The molecule has 7 heteroatoms. The van der Waals surface area contributed by atoms with E-state index in [0.29, 0.717) is 17.9 Å². The Bertz CT molecular complexity index is 3350. The predicted molar refractivity (Wildman–Crippen MR) is 247 cm³/mol. The van der Waals surface area contributed by atoms with E-state index in [1.54, 1.807) is 12.3 Å². The van der Waals surface area contributed by atoms with Crippen molar-refractivity contribution in [2.24, 2.45) is 0 Å². The topological polar surface area (TPSA) is 73.0 Å². The summed E-state index contributed by atoms with van der Waals surface area (Å²) >= 11 is 6.35. The Kier molecular flexibility index (Phi) is 8.72. The van der Waals surface area contributed by atoms with Crippen LogP contribution in [0.25, 0.3) is 100 Å². The second-order valence-electron chi connectivity index (χ2n) is 15.0. The van der Waals surface area contributed by atoms with Crippen LogP contribution in [0.3, 0.4) is 0 Å². The van der Waals surface area contributed by atoms with Crippen LogP contribution in [0, 0.1) is 5.41 Å². The van der Waals surface area contributed by atoms with Gasteiger partial charge in [-0.1, -0.05) is 115 Å². The number of nitrogens with zero attached hydrogens (tertiary/aromatic N) is 3. The zero-order chi connectivity index (χ0) is 40.2. The first kappa shape index (κ1) is 35.6. The summed E-state index contributed by atoms with van der Waals surface area (Å²) in [6, 6.07) is 55.1. The van der Waals surface area contributed by atoms with E-state index >= 15 is 0 Å². The average molecular weight is 795 g/mol. The number of pyridine rings is 1. The lowest BCUT2D eigenvalue weighted by atomic mass is 9.83. The third-order valence-corrected chi connectivity index (χ3v) is 11.8. The van der Waals surface area contributed by atoms with Crippen molar-refractivity contribution >= 4 is 67.6 Å². The summed E-state index contributed by atoms with van der Waals surface area (Å²) in [5, 5.41) is 12.8. The Morgan fingerprint density at radius 3 is 2.20 bits per heavy atom. The molecule has 60 heavy (non-hydrogen) atoms. The maximum Gasteiger partial charge on any atom is 0.180 e. The molecule has 0 saturated heterocycles. The number of nitrogens with one attached hydrogen (secondary N) is 1. The van der Waals surface area contributed by atoms with Gasteiger partial charge in [-0.05, 0) is 92.8 Å². The molecule has 0 amide bonds. The smallest absolute Gasteiger partial charge is 0.180 e. The Hall–Kier alpha value is -7.54. The number of fused-ring (bicyclic) bond motifs is 5. The van der Waals surface area contributed by atoms with Crippen LogP contribution in [0.2, 0.25) is 0 Å². The third kappa shape index (κ3) is 5.75. The van der Waals surface area contributed by atoms with Gasteiger partial charge >= 0.3 is 0 Å². The summed E-state index contributed by atoms with van der Waals surface area (Å²) < 4.78 is 14.4. The largest absolute Gasteiger partial charge is 0.492 e. The monoisotopic (exact) mass is 794 g/mol. The van der Waals surface area contributed by atoms with Crippen molar-refractivity contribution in [2.75, 3.05) is 6.61 Å². The molecule has 0 saturated carbocycles. The minimum absolute atomic E-state index is 0.515. The van der Waals surface area contributed by atoms with Crippen LogP contribution >= 0.6 is 11.9 Å². The van der Waals surface area contributed by atoms with Gasteiger partial charge in [0.2, 0.25) is 0 Å². The first-order valence-electron chi connectivity index (χ1n) is 20.0. The van der Waals surface area contributed by atoms with Crippen molar-refractivity contribution in [1.29, 1.82) is 5.41 Å². The third-order valence-electron chi connectivity index (χ3n) is 11.7. The van der Waals surface area contributed by atoms with Crippen molar-refractivity contribution in [1.82, 2.24) is 14.5 Å². The maximum absolute atomic E-state index is 7.62. The summed E-state index contributed by atoms with van der Waals surface area (Å²) in [4.78, 5) is 9.81. The highest BCUT2D eigenvalue weighted by Crippen LogP contribution is 2.51. The zero-order valence-electron chi connectivity index (χ0n) is 32.3. The Morgan fingerprint density at radius 1 is 0.667 bits per heavy atom. The van der Waals surface area contributed by atoms with E-state index in [0.717, 1.165) is 112 Å². The highest BCUT2D eigenvalue weighted by atomic mass is 35.5. The molecule has 0 atom stereocenters. The highest BCUT2D eigenvalue weighted by molar-refractivity contribution is 6.24. The van der Waals surface area contributed by atoms with E-state index in [9.17, 15) is 0 Å². The predicted octanol–water partition coefficient (Wildman–Crippen LogP) is 13.7. The fourth-order valence-electron chi connectivity index (χ4n) is 9.03. The molecule has 1 N–H and O–H groups in total. The number of imidazole rings is 1. The SMILES string of the molecule is N=C/C=C\c1ccc(-c2c3ccccc3c(-c3ccc4cccnc4c3OCl)c3ccc(-c4ccc(-c5nc6ccccc6n5-c5ccccc5)cc4)cc23)c2c1CCO2. The average Bonchev–Trinajstić information content (AvgIpc) is 3.97. The first-order valence-corrected chi connectivity index (χ1v) is 20.3. The van der Waals surface area contributed by atoms with Gasteiger partial charge in [-0.3, -0.25) is 9.55 Å². The van der Waals surface area contributed by atoms with E-state index in [2.05, 4.69) is 138 Å². The molecule has 0 bridgehead atoms. The van der Waals surface area contributed by atoms with E-state index in [1.165, 1.54) is 6.21 Å². The lowest BCUT2D eigenvalue weighted by Crippen LogP contribution is -1.97. The van der Waals surface area contributed by atoms with Gasteiger partial charge in [-0.15, -0.1) is 0 Å². The van der Waals surface area contributed by atoms with Gasteiger partial charge in [0, 0.05) is 63.3 Å². The Labute approximate surface area is 351 Å². The number of hydrogen-bond donors (Lipinski definition) is 1. The van der Waals surface area contributed by atoms with Crippen LogP contribution in [0.1, 0.15) is 11.1 Å². The molecule has 0 aliphatic carbocycles. The molecule has 3 heterocycles.